The SMILES string of the molecule is CO[C@H]1/C=C/O[C@@]2(C)Oc3c(C)c(O)c4c(O)c(c5c(c4c3C2=O)NC2(CCCCCC2)N=5)=NC(=O)/C(C)=C\C=C\[C@H](C)[C@@]23OC2(C)O[C@@H]([C@@H](C)[C@H](OC(=O)n2cncn2)[C@@H]1C)[C@@H]3C. The predicted octanol–water partition coefficient (Wildman–Crippen LogP) is 6.23. The minimum Gasteiger partial charge on any atom is -0.507 e. The first-order valence-corrected chi connectivity index (χ1v) is 22.2. The van der Waals surface area contributed by atoms with Crippen molar-refractivity contribution in [3.63, 3.8) is 0 Å². The number of allylic oxidation sites excluding steroid dienone is 2. The number of amides is 1. The summed E-state index contributed by atoms with van der Waals surface area (Å²) in [5.74, 6) is -6.18. The van der Waals surface area contributed by atoms with E-state index in [-0.39, 0.29) is 61.5 Å². The molecule has 7 bridgehead atoms. The Labute approximate surface area is 370 Å². The van der Waals surface area contributed by atoms with Crippen LogP contribution in [-0.2, 0) is 28.5 Å². The van der Waals surface area contributed by atoms with Crippen molar-refractivity contribution in [3.8, 4) is 17.2 Å². The van der Waals surface area contributed by atoms with Crippen LogP contribution in [0.25, 0.3) is 10.8 Å². The van der Waals surface area contributed by atoms with Crippen molar-refractivity contribution < 1.29 is 53.0 Å². The Hall–Kier alpha value is -5.65. The van der Waals surface area contributed by atoms with Crippen molar-refractivity contribution in [1.82, 2.24) is 14.8 Å². The van der Waals surface area contributed by atoms with Gasteiger partial charge in [0.15, 0.2) is 11.5 Å². The number of phenolic OH excluding ortho intramolecular Hbond substituents is 2. The van der Waals surface area contributed by atoms with Crippen molar-refractivity contribution in [3.05, 3.63) is 70.6 Å². The molecule has 1 unspecified atom stereocenters. The summed E-state index contributed by atoms with van der Waals surface area (Å²) in [6.45, 7) is 14.5. The number of carbonyl (C=O) groups is 3. The van der Waals surface area contributed by atoms with E-state index in [0.717, 1.165) is 30.4 Å². The second-order valence-corrected chi connectivity index (χ2v) is 18.6. The monoisotopic (exact) mass is 880 g/mol. The van der Waals surface area contributed by atoms with Crippen LogP contribution in [0.5, 0.6) is 17.2 Å². The molecule has 3 fully saturated rings. The fourth-order valence-corrected chi connectivity index (χ4v) is 11.1. The molecule has 7 heterocycles. The van der Waals surface area contributed by atoms with Gasteiger partial charge in [-0.2, -0.15) is 4.68 Å². The number of carbonyl (C=O) groups excluding carboxylic acids is 3. The van der Waals surface area contributed by atoms with Gasteiger partial charge in [0.1, 0.15) is 52.2 Å². The van der Waals surface area contributed by atoms with Crippen molar-refractivity contribution in [2.24, 2.45) is 33.7 Å². The Balaban J connectivity index is 1.20. The molecule has 1 aromatic heterocycles. The van der Waals surface area contributed by atoms with Gasteiger partial charge in [0.25, 0.3) is 11.7 Å². The number of epoxide rings is 1. The van der Waals surface area contributed by atoms with Gasteiger partial charge in [0.2, 0.25) is 0 Å². The Kier molecular flexibility index (Phi) is 10.6. The lowest BCUT2D eigenvalue weighted by Crippen LogP contribution is -2.46. The molecule has 64 heavy (non-hydrogen) atoms. The third-order valence-corrected chi connectivity index (χ3v) is 14.7. The molecule has 0 radical (unpaired) electrons. The molecule has 2 aromatic carbocycles. The smallest absolute Gasteiger partial charge is 0.436 e. The van der Waals surface area contributed by atoms with E-state index in [2.05, 4.69) is 27.3 Å². The zero-order valence-electron chi connectivity index (χ0n) is 37.6. The number of methoxy groups -OCH3 is 1. The van der Waals surface area contributed by atoms with E-state index in [9.17, 15) is 24.6 Å². The van der Waals surface area contributed by atoms with Crippen molar-refractivity contribution >= 4 is 34.2 Å². The number of rotatable bonds is 2. The lowest BCUT2D eigenvalue weighted by Gasteiger charge is -2.37. The summed E-state index contributed by atoms with van der Waals surface area (Å²) in [5.41, 5.74) is -0.641. The van der Waals surface area contributed by atoms with Crippen LogP contribution in [0.15, 0.2) is 58.8 Å². The predicted molar refractivity (Wildman–Crippen MR) is 230 cm³/mol. The number of nitrogens with zero attached hydrogens (tertiary/aromatic N) is 5. The second kappa shape index (κ2) is 15.5. The number of fused-ring (bicyclic) bond motifs is 9. The number of benzene rings is 2. The van der Waals surface area contributed by atoms with Crippen LogP contribution in [-0.4, -0.2) is 91.0 Å². The third-order valence-electron chi connectivity index (χ3n) is 14.7. The van der Waals surface area contributed by atoms with E-state index in [0.29, 0.717) is 18.5 Å². The van der Waals surface area contributed by atoms with Gasteiger partial charge in [-0.1, -0.05) is 58.8 Å². The molecule has 1 saturated carbocycles. The highest BCUT2D eigenvalue weighted by atomic mass is 16.8. The number of anilines is 1. The summed E-state index contributed by atoms with van der Waals surface area (Å²) in [6.07, 6.45) is 13.3. The van der Waals surface area contributed by atoms with E-state index in [4.69, 9.17) is 33.4 Å². The lowest BCUT2D eigenvalue weighted by atomic mass is 9.74. The van der Waals surface area contributed by atoms with Gasteiger partial charge < -0.3 is 44.0 Å². The highest BCUT2D eigenvalue weighted by Gasteiger charge is 2.80. The van der Waals surface area contributed by atoms with E-state index >= 15 is 0 Å². The van der Waals surface area contributed by atoms with Crippen LogP contribution in [0, 0.1) is 30.6 Å². The summed E-state index contributed by atoms with van der Waals surface area (Å²) >= 11 is 0. The van der Waals surface area contributed by atoms with Crippen molar-refractivity contribution in [2.75, 3.05) is 12.4 Å². The Morgan fingerprint density at radius 1 is 0.969 bits per heavy atom. The quantitative estimate of drug-likeness (QED) is 0.192. The van der Waals surface area contributed by atoms with Gasteiger partial charge >= 0.3 is 11.9 Å². The number of hydrogen-bond acceptors (Lipinski definition) is 15. The van der Waals surface area contributed by atoms with Crippen molar-refractivity contribution in [1.29, 1.82) is 0 Å². The number of phenols is 2. The Bertz CT molecular complexity index is 2670. The van der Waals surface area contributed by atoms with Crippen LogP contribution in [0.1, 0.15) is 103 Å². The number of hydrogen-bond donors (Lipinski definition) is 3. The van der Waals surface area contributed by atoms with Gasteiger partial charge in [-0.25, -0.2) is 14.8 Å². The molecule has 17 heteroatoms. The summed E-state index contributed by atoms with van der Waals surface area (Å²) in [7, 11) is 1.52. The molecule has 3 aromatic rings. The standard InChI is InChI=1S/C47H56N6O11/c1-23-15-14-16-24(2)47-28(6)39(63-45(47,8)64-47)27(5)38(61-43(58)53-22-48-21-49-53)25(3)29(59-9)17-20-60-44(7)41(56)32-30-31(36(54)26(4)40(32)62-44)37(55)35(50-42(23)57)34-33(30)51-46(52-34)18-12-10-11-13-19-46/h14-17,20-22,24-25,27-29,38-39,51,54-55H,10-13,18-19H2,1-9H3/b16-14+,20-17+,23-15-,50-35?/t24-,25+,27-,28-,29-,38+,39-,44-,45?,47-/m0/s1. The highest BCUT2D eigenvalue weighted by Crippen LogP contribution is 2.66. The Morgan fingerprint density at radius 2 is 1.70 bits per heavy atom. The third kappa shape index (κ3) is 6.55. The molecule has 1 aliphatic carbocycles. The number of aromatic hydroxyl groups is 2. The summed E-state index contributed by atoms with van der Waals surface area (Å²) in [5, 5.41) is 31.8. The van der Waals surface area contributed by atoms with E-state index in [1.54, 1.807) is 32.1 Å². The fourth-order valence-electron chi connectivity index (χ4n) is 11.1. The van der Waals surface area contributed by atoms with Crippen LogP contribution in [0.4, 0.5) is 10.5 Å². The van der Waals surface area contributed by atoms with Crippen LogP contribution in [0.2, 0.25) is 0 Å². The molecule has 2 spiro atoms. The number of ether oxygens (including phenoxy) is 6. The molecule has 2 saturated heterocycles. The molecule has 1 amide bonds. The van der Waals surface area contributed by atoms with Crippen LogP contribution in [0.3, 0.4) is 0 Å². The molecular formula is C47H56N6O11. The highest BCUT2D eigenvalue weighted by molar-refractivity contribution is 6.21. The van der Waals surface area contributed by atoms with E-state index in [1.165, 1.54) is 33.0 Å². The first-order chi connectivity index (χ1) is 30.4. The van der Waals surface area contributed by atoms with Gasteiger partial charge in [-0.05, 0) is 52.5 Å². The van der Waals surface area contributed by atoms with Gasteiger partial charge in [-0.15, -0.1) is 5.10 Å². The molecule has 6 aliphatic heterocycles. The molecule has 340 valence electrons. The first kappa shape index (κ1) is 43.6. The van der Waals surface area contributed by atoms with Crippen LogP contribution >= 0.6 is 0 Å². The number of ketones is 1. The van der Waals surface area contributed by atoms with Crippen molar-refractivity contribution in [2.45, 2.75) is 135 Å². The molecule has 10 atom stereocenters. The average molecular weight is 881 g/mol. The first-order valence-electron chi connectivity index (χ1n) is 22.2. The summed E-state index contributed by atoms with van der Waals surface area (Å²) < 4.78 is 38.9. The normalized spacial score (nSPS) is 36.1. The number of aromatic nitrogens is 3. The van der Waals surface area contributed by atoms with Gasteiger partial charge in [0, 0.05) is 54.2 Å². The maximum Gasteiger partial charge on any atom is 0.436 e. The minimum atomic E-state index is -1.94. The van der Waals surface area contributed by atoms with E-state index < -0.39 is 76.5 Å². The fraction of sp³-hybridized carbons (Fsp3) is 0.553. The number of Topliss-reactive ketones (excluding diaryl/α,β-unsaturated/α-hetero) is 1. The molecule has 7 aliphatic rings. The zero-order chi connectivity index (χ0) is 45.7. The second-order valence-electron chi connectivity index (χ2n) is 18.6. The molecular weight excluding hydrogens is 825 g/mol. The van der Waals surface area contributed by atoms with Crippen LogP contribution < -0.4 is 20.8 Å². The molecule has 3 N–H and O–H groups in total. The molecule has 17 nitrogen and oxygen atoms in total. The topological polar surface area (TPSA) is 218 Å². The van der Waals surface area contributed by atoms with Gasteiger partial charge in [0.05, 0.1) is 35.1 Å². The van der Waals surface area contributed by atoms with Gasteiger partial charge in [-0.3, -0.25) is 14.6 Å². The summed E-state index contributed by atoms with van der Waals surface area (Å²) in [6, 6.07) is 0. The maximum absolute atomic E-state index is 14.8. The number of nitrogens with one attached hydrogen (secondary N) is 1. The lowest BCUT2D eigenvalue weighted by molar-refractivity contribution is -0.139. The summed E-state index contributed by atoms with van der Waals surface area (Å²) in [4.78, 5) is 55.9. The largest absolute Gasteiger partial charge is 0.507 e. The Morgan fingerprint density at radius 3 is 2.39 bits per heavy atom. The zero-order valence-corrected chi connectivity index (χ0v) is 37.6. The maximum atomic E-state index is 14.8. The minimum absolute atomic E-state index is 0.0664. The molecule has 10 rings (SSSR count). The average Bonchev–Trinajstić information content (AvgIpc) is 3.64. The van der Waals surface area contributed by atoms with E-state index in [1.807, 2.05) is 33.8 Å².